The van der Waals surface area contributed by atoms with Gasteiger partial charge in [-0.3, -0.25) is 9.71 Å². The van der Waals surface area contributed by atoms with E-state index in [1.807, 2.05) is 0 Å². The first-order valence-electron chi connectivity index (χ1n) is 9.71. The number of nitrogens with zero attached hydrogens (tertiary/aromatic N) is 5. The van der Waals surface area contributed by atoms with Crippen molar-refractivity contribution in [2.24, 2.45) is 0 Å². The summed E-state index contributed by atoms with van der Waals surface area (Å²) in [5, 5.41) is 7.75. The lowest BCUT2D eigenvalue weighted by atomic mass is 10.0. The average Bonchev–Trinajstić information content (AvgIpc) is 3.47. The highest BCUT2D eigenvalue weighted by Crippen LogP contribution is 2.33. The van der Waals surface area contributed by atoms with Gasteiger partial charge in [0.2, 0.25) is 0 Å². The first-order valence-corrected chi connectivity index (χ1v) is 11.6. The van der Waals surface area contributed by atoms with Crippen LogP contribution in [0.4, 0.5) is 14.5 Å². The van der Waals surface area contributed by atoms with E-state index in [2.05, 4.69) is 29.9 Å². The van der Waals surface area contributed by atoms with Crippen LogP contribution in [0.1, 0.15) is 5.69 Å². The number of imidazole rings is 1. The summed E-state index contributed by atoms with van der Waals surface area (Å²) in [7, 11) is -4.25. The van der Waals surface area contributed by atoms with Crippen LogP contribution in [-0.4, -0.2) is 38.0 Å². The van der Waals surface area contributed by atoms with E-state index in [1.165, 1.54) is 44.1 Å². The van der Waals surface area contributed by atoms with E-state index in [4.69, 9.17) is 11.6 Å². The molecule has 5 rings (SSSR count). The summed E-state index contributed by atoms with van der Waals surface area (Å²) in [5.41, 5.74) is 0.652. The van der Waals surface area contributed by atoms with E-state index >= 15 is 4.39 Å². The number of aryl methyl sites for hydroxylation is 1. The van der Waals surface area contributed by atoms with Crippen molar-refractivity contribution < 1.29 is 17.2 Å². The molecule has 0 aliphatic rings. The Morgan fingerprint density at radius 2 is 1.97 bits per heavy atom. The van der Waals surface area contributed by atoms with Crippen molar-refractivity contribution in [3.05, 3.63) is 77.7 Å². The van der Waals surface area contributed by atoms with Crippen LogP contribution in [-0.2, 0) is 10.0 Å². The maximum Gasteiger partial charge on any atom is 0.263 e. The molecular weight excluding hydrogens is 488 g/mol. The second kappa shape index (κ2) is 8.15. The maximum atomic E-state index is 15.4. The van der Waals surface area contributed by atoms with Crippen molar-refractivity contribution in [1.29, 1.82) is 0 Å². The molecule has 0 aliphatic heterocycles. The predicted octanol–water partition coefficient (Wildman–Crippen LogP) is 4.22. The van der Waals surface area contributed by atoms with Crippen LogP contribution in [0.5, 0.6) is 0 Å². The van der Waals surface area contributed by atoms with Gasteiger partial charge in [-0.25, -0.2) is 22.2 Å². The molecule has 1 aromatic carbocycles. The second-order valence-electron chi connectivity index (χ2n) is 7.27. The number of rotatable bonds is 5. The molecule has 9 nitrogen and oxygen atoms in total. The molecule has 0 aliphatic carbocycles. The fourth-order valence-corrected chi connectivity index (χ4v) is 5.01. The molecule has 2 N–H and O–H groups in total. The van der Waals surface area contributed by atoms with Gasteiger partial charge in [-0.2, -0.15) is 0 Å². The number of nitrogens with one attached hydrogen (secondary N) is 2. The Morgan fingerprint density at radius 3 is 2.74 bits per heavy atom. The summed E-state index contributed by atoms with van der Waals surface area (Å²) in [5.74, 6) is -1.50. The highest BCUT2D eigenvalue weighted by molar-refractivity contribution is 7.92. The van der Waals surface area contributed by atoms with Gasteiger partial charge in [0, 0.05) is 18.0 Å². The molecular formula is C21H14ClF2N7O2S. The van der Waals surface area contributed by atoms with Gasteiger partial charge in [0.15, 0.2) is 11.6 Å². The molecule has 0 saturated carbocycles. The molecule has 0 unspecified atom stereocenters. The summed E-state index contributed by atoms with van der Waals surface area (Å²) in [4.78, 5) is 10.8. The zero-order chi connectivity index (χ0) is 24.0. The summed E-state index contributed by atoms with van der Waals surface area (Å²) in [6.45, 7) is 1.48. The molecule has 0 fully saturated rings. The van der Waals surface area contributed by atoms with Gasteiger partial charge in [-0.1, -0.05) is 17.7 Å². The van der Waals surface area contributed by atoms with Gasteiger partial charge in [0.25, 0.3) is 10.0 Å². The van der Waals surface area contributed by atoms with Crippen LogP contribution in [0.25, 0.3) is 28.2 Å². The zero-order valence-corrected chi connectivity index (χ0v) is 18.9. The smallest absolute Gasteiger partial charge is 0.263 e. The Morgan fingerprint density at radius 1 is 1.15 bits per heavy atom. The molecule has 5 aromatic rings. The Bertz CT molecular complexity index is 1650. The average molecular weight is 502 g/mol. The SMILES string of the molecule is Cc1ncc(Cl)cc1S(=O)(=O)Nc1ccc(F)c(-c2ccc3c(-c4nnc[nH]4)ncn3c2)c1F. The van der Waals surface area contributed by atoms with E-state index in [-0.39, 0.29) is 21.2 Å². The summed E-state index contributed by atoms with van der Waals surface area (Å²) >= 11 is 5.87. The molecule has 0 radical (unpaired) electrons. The van der Waals surface area contributed by atoms with E-state index in [9.17, 15) is 12.8 Å². The van der Waals surface area contributed by atoms with Crippen molar-refractivity contribution in [3.63, 3.8) is 0 Å². The third-order valence-corrected chi connectivity index (χ3v) is 6.78. The first kappa shape index (κ1) is 21.9. The van der Waals surface area contributed by atoms with Crippen LogP contribution in [0.2, 0.25) is 5.02 Å². The highest BCUT2D eigenvalue weighted by atomic mass is 35.5. The molecule has 0 atom stereocenters. The normalized spacial score (nSPS) is 11.8. The summed E-state index contributed by atoms with van der Waals surface area (Å²) in [6, 6.07) is 6.32. The number of halogens is 3. The van der Waals surface area contributed by atoms with E-state index in [0.29, 0.717) is 17.0 Å². The number of H-pyrrole nitrogens is 1. The standard InChI is InChI=1S/C21H14ClF2N7O2S/c1-11-17(6-13(22)7-25-11)34(32,33)30-15-4-3-14(23)18(19(15)24)12-2-5-16-20(21-26-9-28-29-21)27-10-31(16)8-12/h2-10,30H,1H3,(H,26,28,29). The van der Waals surface area contributed by atoms with Crippen molar-refractivity contribution in [3.8, 4) is 22.6 Å². The van der Waals surface area contributed by atoms with Gasteiger partial charge in [-0.15, -0.1) is 10.2 Å². The molecule has 0 bridgehead atoms. The molecule has 0 spiro atoms. The van der Waals surface area contributed by atoms with Gasteiger partial charge in [0.05, 0.1) is 27.5 Å². The lowest BCUT2D eigenvalue weighted by Crippen LogP contribution is -2.16. The van der Waals surface area contributed by atoms with Crippen molar-refractivity contribution >= 4 is 32.8 Å². The summed E-state index contributed by atoms with van der Waals surface area (Å²) < 4.78 is 59.6. The quantitative estimate of drug-likeness (QED) is 0.372. The number of hydrogen-bond donors (Lipinski definition) is 2. The Hall–Kier alpha value is -3.90. The molecule has 0 amide bonds. The first-order chi connectivity index (χ1) is 16.2. The number of benzene rings is 1. The van der Waals surface area contributed by atoms with Crippen LogP contribution < -0.4 is 4.72 Å². The van der Waals surface area contributed by atoms with Crippen LogP contribution in [0.3, 0.4) is 0 Å². The molecule has 13 heteroatoms. The van der Waals surface area contributed by atoms with E-state index in [1.54, 1.807) is 10.5 Å². The van der Waals surface area contributed by atoms with Crippen LogP contribution in [0.15, 0.2) is 60.3 Å². The number of aromatic nitrogens is 6. The molecule has 0 saturated heterocycles. The van der Waals surface area contributed by atoms with E-state index < -0.39 is 32.9 Å². The third kappa shape index (κ3) is 3.76. The fraction of sp³-hybridized carbons (Fsp3) is 0.0476. The molecule has 34 heavy (non-hydrogen) atoms. The lowest BCUT2D eigenvalue weighted by molar-refractivity contribution is 0.587. The number of aromatic amines is 1. The van der Waals surface area contributed by atoms with Crippen LogP contribution in [0, 0.1) is 18.6 Å². The molecule has 4 heterocycles. The Balaban J connectivity index is 1.56. The van der Waals surface area contributed by atoms with Gasteiger partial charge in [0.1, 0.15) is 29.1 Å². The largest absolute Gasteiger partial charge is 0.326 e. The predicted molar refractivity (Wildman–Crippen MR) is 121 cm³/mol. The third-order valence-electron chi connectivity index (χ3n) is 5.09. The number of sulfonamides is 1. The minimum atomic E-state index is -4.25. The zero-order valence-electron chi connectivity index (χ0n) is 17.3. The number of anilines is 1. The van der Waals surface area contributed by atoms with Crippen molar-refractivity contribution in [2.45, 2.75) is 11.8 Å². The lowest BCUT2D eigenvalue weighted by Gasteiger charge is -2.14. The highest BCUT2D eigenvalue weighted by Gasteiger charge is 2.23. The molecule has 4 aromatic heterocycles. The molecule has 172 valence electrons. The number of pyridine rings is 2. The van der Waals surface area contributed by atoms with Crippen molar-refractivity contribution in [1.82, 2.24) is 29.5 Å². The maximum absolute atomic E-state index is 15.4. The Kier molecular flexibility index (Phi) is 5.25. The number of fused-ring (bicyclic) bond motifs is 1. The second-order valence-corrected chi connectivity index (χ2v) is 9.35. The fourth-order valence-electron chi connectivity index (χ4n) is 3.51. The minimum Gasteiger partial charge on any atom is -0.326 e. The van der Waals surface area contributed by atoms with Gasteiger partial charge >= 0.3 is 0 Å². The monoisotopic (exact) mass is 501 g/mol. The Labute approximate surface area is 196 Å². The minimum absolute atomic E-state index is 0.101. The van der Waals surface area contributed by atoms with Gasteiger partial charge in [-0.05, 0) is 31.2 Å². The van der Waals surface area contributed by atoms with Crippen LogP contribution >= 0.6 is 11.6 Å². The number of hydrogen-bond acceptors (Lipinski definition) is 6. The van der Waals surface area contributed by atoms with Gasteiger partial charge < -0.3 is 9.38 Å². The van der Waals surface area contributed by atoms with E-state index in [0.717, 1.165) is 12.1 Å². The summed E-state index contributed by atoms with van der Waals surface area (Å²) in [6.07, 6.45) is 5.65. The van der Waals surface area contributed by atoms with Crippen molar-refractivity contribution in [2.75, 3.05) is 4.72 Å². The topological polar surface area (TPSA) is 118 Å².